The predicted molar refractivity (Wildman–Crippen MR) is 118 cm³/mol. The third kappa shape index (κ3) is 4.57. The van der Waals surface area contributed by atoms with Gasteiger partial charge in [-0.3, -0.25) is 9.69 Å². The molecule has 0 bridgehead atoms. The highest BCUT2D eigenvalue weighted by atomic mass is 16.4. The van der Waals surface area contributed by atoms with Gasteiger partial charge in [-0.15, -0.1) is 0 Å². The maximum atomic E-state index is 12.6. The van der Waals surface area contributed by atoms with Crippen molar-refractivity contribution in [3.63, 3.8) is 0 Å². The molecule has 0 aliphatic heterocycles. The Labute approximate surface area is 171 Å². The molecule has 1 heterocycles. The number of amides is 1. The van der Waals surface area contributed by atoms with Gasteiger partial charge in [0.15, 0.2) is 0 Å². The Morgan fingerprint density at radius 2 is 1.66 bits per heavy atom. The maximum absolute atomic E-state index is 12.6. The number of aryl methyl sites for hydroxylation is 5. The number of hydrogen-bond donors (Lipinski definition) is 1. The monoisotopic (exact) mass is 392 g/mol. The second-order valence-electron chi connectivity index (χ2n) is 7.97. The maximum Gasteiger partial charge on any atom is 0.336 e. The molecule has 0 aliphatic rings. The minimum Gasteiger partial charge on any atom is -0.422 e. The van der Waals surface area contributed by atoms with Gasteiger partial charge in [-0.05, 0) is 69.5 Å². The summed E-state index contributed by atoms with van der Waals surface area (Å²) >= 11 is 0. The minimum atomic E-state index is -0.370. The number of hydrogen-bond acceptors (Lipinski definition) is 4. The van der Waals surface area contributed by atoms with Crippen molar-refractivity contribution in [1.82, 2.24) is 4.90 Å². The lowest BCUT2D eigenvalue weighted by molar-refractivity contribution is -0.117. The van der Waals surface area contributed by atoms with E-state index in [0.717, 1.165) is 38.9 Å². The molecule has 1 amide bonds. The fourth-order valence-corrected chi connectivity index (χ4v) is 3.80. The average Bonchev–Trinajstić information content (AvgIpc) is 2.61. The van der Waals surface area contributed by atoms with E-state index in [1.54, 1.807) is 0 Å². The molecule has 152 valence electrons. The van der Waals surface area contributed by atoms with Gasteiger partial charge >= 0.3 is 5.63 Å². The summed E-state index contributed by atoms with van der Waals surface area (Å²) in [6, 6.07) is 9.64. The quantitative estimate of drug-likeness (QED) is 0.654. The molecule has 0 saturated carbocycles. The molecule has 0 unspecified atom stereocenters. The van der Waals surface area contributed by atoms with Gasteiger partial charge in [-0.1, -0.05) is 29.8 Å². The number of fused-ring (bicyclic) bond motifs is 1. The van der Waals surface area contributed by atoms with E-state index in [1.165, 1.54) is 11.6 Å². The number of carbonyl (C=O) groups is 1. The molecule has 1 N–H and O–H groups in total. The van der Waals surface area contributed by atoms with Crippen molar-refractivity contribution in [1.29, 1.82) is 0 Å². The molecule has 0 saturated heterocycles. The van der Waals surface area contributed by atoms with E-state index in [9.17, 15) is 9.59 Å². The number of benzene rings is 2. The van der Waals surface area contributed by atoms with Crippen LogP contribution in [-0.4, -0.2) is 24.4 Å². The summed E-state index contributed by atoms with van der Waals surface area (Å²) in [4.78, 5) is 26.5. The van der Waals surface area contributed by atoms with Crippen LogP contribution in [0.3, 0.4) is 0 Å². The predicted octanol–water partition coefficient (Wildman–Crippen LogP) is 4.41. The number of nitrogens with one attached hydrogen (secondary N) is 1. The molecule has 0 radical (unpaired) electrons. The third-order valence-corrected chi connectivity index (χ3v) is 5.31. The summed E-state index contributed by atoms with van der Waals surface area (Å²) in [5, 5.41) is 3.93. The lowest BCUT2D eigenvalue weighted by Crippen LogP contribution is -2.30. The molecule has 5 heteroatoms. The van der Waals surface area contributed by atoms with Crippen molar-refractivity contribution in [2.45, 2.75) is 41.2 Å². The molecule has 1 aromatic heterocycles. The van der Waals surface area contributed by atoms with E-state index >= 15 is 0 Å². The average molecular weight is 392 g/mol. The van der Waals surface area contributed by atoms with Gasteiger partial charge < -0.3 is 9.73 Å². The lowest BCUT2D eigenvalue weighted by Gasteiger charge is -2.19. The van der Waals surface area contributed by atoms with Crippen molar-refractivity contribution in [2.75, 3.05) is 18.9 Å². The van der Waals surface area contributed by atoms with Gasteiger partial charge in [0.1, 0.15) is 5.58 Å². The third-order valence-electron chi connectivity index (χ3n) is 5.31. The summed E-state index contributed by atoms with van der Waals surface area (Å²) in [6.45, 7) is 10.7. The van der Waals surface area contributed by atoms with Crippen LogP contribution in [0.5, 0.6) is 0 Å². The molecule has 29 heavy (non-hydrogen) atoms. The summed E-state index contributed by atoms with van der Waals surface area (Å²) < 4.78 is 5.44. The summed E-state index contributed by atoms with van der Waals surface area (Å²) in [7, 11) is 1.87. The summed E-state index contributed by atoms with van der Waals surface area (Å²) in [5.41, 5.74) is 7.30. The van der Waals surface area contributed by atoms with Crippen LogP contribution in [0.2, 0.25) is 0 Å². The first-order valence-corrected chi connectivity index (χ1v) is 9.75. The molecule has 0 aliphatic carbocycles. The van der Waals surface area contributed by atoms with E-state index in [1.807, 2.05) is 58.7 Å². The van der Waals surface area contributed by atoms with Crippen molar-refractivity contribution in [3.05, 3.63) is 74.1 Å². The Hall–Kier alpha value is -2.92. The van der Waals surface area contributed by atoms with E-state index in [0.29, 0.717) is 12.1 Å². The zero-order valence-corrected chi connectivity index (χ0v) is 18.0. The minimum absolute atomic E-state index is 0.0816. The van der Waals surface area contributed by atoms with Crippen LogP contribution in [0.15, 0.2) is 39.5 Å². The number of anilines is 1. The molecule has 3 rings (SSSR count). The summed E-state index contributed by atoms with van der Waals surface area (Å²) in [6.07, 6.45) is 0. The smallest absolute Gasteiger partial charge is 0.336 e. The van der Waals surface area contributed by atoms with Crippen LogP contribution in [0.1, 0.15) is 33.4 Å². The van der Waals surface area contributed by atoms with Crippen LogP contribution in [0, 0.1) is 34.6 Å². The van der Waals surface area contributed by atoms with Crippen LogP contribution in [0.4, 0.5) is 5.69 Å². The molecular formula is C24H28N2O3. The summed E-state index contributed by atoms with van der Waals surface area (Å²) in [5.74, 6) is -0.0816. The molecule has 2 aromatic carbocycles. The van der Waals surface area contributed by atoms with Gasteiger partial charge in [0, 0.05) is 23.7 Å². The Morgan fingerprint density at radius 3 is 2.31 bits per heavy atom. The van der Waals surface area contributed by atoms with Crippen molar-refractivity contribution >= 4 is 22.6 Å². The first kappa shape index (κ1) is 20.8. The Bertz CT molecular complexity index is 1120. The van der Waals surface area contributed by atoms with Crippen LogP contribution in [0.25, 0.3) is 11.0 Å². The van der Waals surface area contributed by atoms with Crippen molar-refractivity contribution in [3.8, 4) is 0 Å². The standard InChI is InChI=1S/C24H28N2O3/c1-14-9-16(3)23(17(4)10-14)25-21(27)13-26(6)12-19-11-22(28)29-24-18(5)15(2)7-8-20(19)24/h7-11H,12-13H2,1-6H3,(H,25,27). The highest BCUT2D eigenvalue weighted by Crippen LogP contribution is 2.24. The normalized spacial score (nSPS) is 11.3. The second-order valence-corrected chi connectivity index (χ2v) is 7.97. The van der Waals surface area contributed by atoms with Gasteiger partial charge in [0.05, 0.1) is 6.54 Å². The van der Waals surface area contributed by atoms with Crippen molar-refractivity contribution in [2.24, 2.45) is 0 Å². The van der Waals surface area contributed by atoms with Crippen LogP contribution >= 0.6 is 0 Å². The molecule has 0 spiro atoms. The Kier molecular flexibility index (Phi) is 5.89. The van der Waals surface area contributed by atoms with Gasteiger partial charge in [-0.25, -0.2) is 4.79 Å². The molecule has 5 nitrogen and oxygen atoms in total. The zero-order valence-electron chi connectivity index (χ0n) is 18.0. The number of nitrogens with zero attached hydrogens (tertiary/aromatic N) is 1. The fraction of sp³-hybridized carbons (Fsp3) is 0.333. The zero-order chi connectivity index (χ0) is 21.3. The molecule has 0 atom stereocenters. The van der Waals surface area contributed by atoms with Crippen molar-refractivity contribution < 1.29 is 9.21 Å². The van der Waals surface area contributed by atoms with Gasteiger partial charge in [0.25, 0.3) is 0 Å². The SMILES string of the molecule is Cc1cc(C)c(NC(=O)CN(C)Cc2cc(=O)oc3c(C)c(C)ccc23)c(C)c1. The van der Waals surface area contributed by atoms with Crippen LogP contribution < -0.4 is 10.9 Å². The molecule has 0 fully saturated rings. The highest BCUT2D eigenvalue weighted by Gasteiger charge is 2.14. The second kappa shape index (κ2) is 8.21. The molecule has 3 aromatic rings. The van der Waals surface area contributed by atoms with E-state index in [-0.39, 0.29) is 18.1 Å². The van der Waals surface area contributed by atoms with Gasteiger partial charge in [-0.2, -0.15) is 0 Å². The topological polar surface area (TPSA) is 62.6 Å². The van der Waals surface area contributed by atoms with E-state index in [4.69, 9.17) is 4.42 Å². The first-order chi connectivity index (χ1) is 13.7. The van der Waals surface area contributed by atoms with Gasteiger partial charge in [0.2, 0.25) is 5.91 Å². The number of likely N-dealkylation sites (N-methyl/N-ethyl adjacent to an activating group) is 1. The lowest BCUT2D eigenvalue weighted by atomic mass is 10.0. The van der Waals surface area contributed by atoms with E-state index < -0.39 is 0 Å². The first-order valence-electron chi connectivity index (χ1n) is 9.75. The highest BCUT2D eigenvalue weighted by molar-refractivity contribution is 5.94. The van der Waals surface area contributed by atoms with E-state index in [2.05, 4.69) is 17.4 Å². The largest absolute Gasteiger partial charge is 0.422 e. The Morgan fingerprint density at radius 1 is 1.00 bits per heavy atom. The fourth-order valence-electron chi connectivity index (χ4n) is 3.80. The Balaban J connectivity index is 1.78. The number of carbonyl (C=O) groups excluding carboxylic acids is 1. The molecular weight excluding hydrogens is 364 g/mol. The van der Waals surface area contributed by atoms with Crippen LogP contribution in [-0.2, 0) is 11.3 Å². The number of rotatable bonds is 5.